The molecule has 0 aromatic carbocycles. The number of furan rings is 1. The summed E-state index contributed by atoms with van der Waals surface area (Å²) in [6.45, 7) is 6.08. The number of fused-ring (bicyclic) bond motifs is 1. The van der Waals surface area contributed by atoms with E-state index in [1.54, 1.807) is 17.0 Å². The minimum absolute atomic E-state index is 0.0103. The van der Waals surface area contributed by atoms with Crippen LogP contribution in [-0.4, -0.2) is 57.5 Å². The third-order valence-corrected chi connectivity index (χ3v) is 5.72. The summed E-state index contributed by atoms with van der Waals surface area (Å²) in [7, 11) is 0. The monoisotopic (exact) mass is 410 g/mol. The molecule has 3 aromatic rings. The molecule has 1 saturated carbocycles. The number of rotatable bonds is 4. The van der Waals surface area contributed by atoms with Gasteiger partial charge in [0, 0.05) is 31.7 Å². The SMILES string of the molecule is Cc1cc2c(NC3(C)CC3)nc(C(=O)N3CCN(c4cccc(F)n4)CC3)nc2o1. The van der Waals surface area contributed by atoms with Crippen LogP contribution < -0.4 is 10.2 Å². The molecule has 2 fully saturated rings. The van der Waals surface area contributed by atoms with Gasteiger partial charge in [0.15, 0.2) is 0 Å². The molecule has 1 saturated heterocycles. The Morgan fingerprint density at radius 2 is 1.93 bits per heavy atom. The molecule has 156 valence electrons. The standard InChI is InChI=1S/C21H23FN6O2/c1-13-12-14-17(26-21(2)6-7-21)24-18(25-19(14)30-13)20(29)28-10-8-27(9-11-28)16-5-3-4-15(22)23-16/h3-5,12H,6-11H2,1-2H3,(H,24,25,26). The van der Waals surface area contributed by atoms with Gasteiger partial charge >= 0.3 is 0 Å². The van der Waals surface area contributed by atoms with Crippen LogP contribution >= 0.6 is 0 Å². The van der Waals surface area contributed by atoms with Crippen molar-refractivity contribution in [3.63, 3.8) is 0 Å². The summed E-state index contributed by atoms with van der Waals surface area (Å²) < 4.78 is 19.1. The molecule has 0 bridgehead atoms. The number of aryl methyl sites for hydroxylation is 1. The second-order valence-corrected chi connectivity index (χ2v) is 8.26. The molecule has 1 aliphatic carbocycles. The van der Waals surface area contributed by atoms with Crippen LogP contribution in [0, 0.1) is 12.9 Å². The Morgan fingerprint density at radius 3 is 2.63 bits per heavy atom. The highest BCUT2D eigenvalue weighted by molar-refractivity contribution is 5.95. The van der Waals surface area contributed by atoms with Gasteiger partial charge in [-0.2, -0.15) is 9.37 Å². The van der Waals surface area contributed by atoms with Gasteiger partial charge in [-0.3, -0.25) is 4.79 Å². The number of nitrogens with zero attached hydrogens (tertiary/aromatic N) is 5. The van der Waals surface area contributed by atoms with Crippen molar-refractivity contribution in [2.24, 2.45) is 0 Å². The molecule has 2 aliphatic rings. The van der Waals surface area contributed by atoms with Crippen molar-refractivity contribution in [2.45, 2.75) is 32.2 Å². The van der Waals surface area contributed by atoms with Crippen LogP contribution in [-0.2, 0) is 0 Å². The first-order chi connectivity index (χ1) is 14.4. The largest absolute Gasteiger partial charge is 0.443 e. The maximum atomic E-state index is 13.4. The first-order valence-electron chi connectivity index (χ1n) is 10.1. The molecule has 0 spiro atoms. The fourth-order valence-electron chi connectivity index (χ4n) is 3.68. The van der Waals surface area contributed by atoms with Crippen LogP contribution in [0.3, 0.4) is 0 Å². The average molecular weight is 410 g/mol. The molecule has 1 amide bonds. The van der Waals surface area contributed by atoms with E-state index in [1.807, 2.05) is 17.9 Å². The highest BCUT2D eigenvalue weighted by atomic mass is 19.1. The molecular formula is C21H23FN6O2. The fourth-order valence-corrected chi connectivity index (χ4v) is 3.68. The van der Waals surface area contributed by atoms with Crippen molar-refractivity contribution in [3.05, 3.63) is 41.8 Å². The van der Waals surface area contributed by atoms with Gasteiger partial charge in [-0.05, 0) is 44.9 Å². The third-order valence-electron chi connectivity index (χ3n) is 5.72. The maximum Gasteiger partial charge on any atom is 0.291 e. The van der Waals surface area contributed by atoms with Crippen molar-refractivity contribution in [1.82, 2.24) is 19.9 Å². The third kappa shape index (κ3) is 3.55. The fraction of sp³-hybridized carbons (Fsp3) is 0.429. The zero-order chi connectivity index (χ0) is 20.9. The Morgan fingerprint density at radius 1 is 1.17 bits per heavy atom. The lowest BCUT2D eigenvalue weighted by molar-refractivity contribution is 0.0734. The van der Waals surface area contributed by atoms with Crippen molar-refractivity contribution in [2.75, 3.05) is 36.4 Å². The zero-order valence-corrected chi connectivity index (χ0v) is 17.0. The van der Waals surface area contributed by atoms with Crippen LogP contribution in [0.4, 0.5) is 16.0 Å². The lowest BCUT2D eigenvalue weighted by atomic mass is 10.2. The number of anilines is 2. The summed E-state index contributed by atoms with van der Waals surface area (Å²) in [5.74, 6) is 1.33. The summed E-state index contributed by atoms with van der Waals surface area (Å²) in [5, 5.41) is 4.24. The Balaban J connectivity index is 1.36. The number of carbonyl (C=O) groups is 1. The van der Waals surface area contributed by atoms with Gasteiger partial charge in [-0.15, -0.1) is 0 Å². The predicted molar refractivity (Wildman–Crippen MR) is 110 cm³/mol. The van der Waals surface area contributed by atoms with E-state index >= 15 is 0 Å². The Bertz CT molecular complexity index is 1120. The number of hydrogen-bond acceptors (Lipinski definition) is 7. The minimum atomic E-state index is -0.508. The molecule has 30 heavy (non-hydrogen) atoms. The maximum absolute atomic E-state index is 13.4. The molecule has 1 N–H and O–H groups in total. The number of carbonyl (C=O) groups excluding carboxylic acids is 1. The number of halogens is 1. The molecule has 0 atom stereocenters. The lowest BCUT2D eigenvalue weighted by Gasteiger charge is -2.35. The Labute approximate surface area is 173 Å². The van der Waals surface area contributed by atoms with E-state index in [2.05, 4.69) is 27.2 Å². The first kappa shape index (κ1) is 18.8. The number of piperazine rings is 1. The van der Waals surface area contributed by atoms with E-state index in [0.717, 1.165) is 24.0 Å². The number of pyridine rings is 1. The number of hydrogen-bond donors (Lipinski definition) is 1. The van der Waals surface area contributed by atoms with Crippen molar-refractivity contribution < 1.29 is 13.6 Å². The van der Waals surface area contributed by atoms with E-state index in [9.17, 15) is 9.18 Å². The number of nitrogens with one attached hydrogen (secondary N) is 1. The van der Waals surface area contributed by atoms with Crippen LogP contribution in [0.5, 0.6) is 0 Å². The van der Waals surface area contributed by atoms with Gasteiger partial charge in [0.2, 0.25) is 17.5 Å². The molecule has 5 rings (SSSR count). The van der Waals surface area contributed by atoms with Gasteiger partial charge in [-0.1, -0.05) is 6.07 Å². The summed E-state index contributed by atoms with van der Waals surface area (Å²) in [6.07, 6.45) is 2.13. The van der Waals surface area contributed by atoms with Crippen LogP contribution in [0.1, 0.15) is 36.1 Å². The molecule has 4 heterocycles. The van der Waals surface area contributed by atoms with Crippen LogP contribution in [0.15, 0.2) is 28.7 Å². The van der Waals surface area contributed by atoms with Crippen molar-refractivity contribution >= 4 is 28.6 Å². The highest BCUT2D eigenvalue weighted by Gasteiger charge is 2.38. The van der Waals surface area contributed by atoms with Gasteiger partial charge < -0.3 is 19.5 Å². The molecular weight excluding hydrogens is 387 g/mol. The van der Waals surface area contributed by atoms with Crippen molar-refractivity contribution in [3.8, 4) is 0 Å². The van der Waals surface area contributed by atoms with E-state index in [4.69, 9.17) is 4.42 Å². The predicted octanol–water partition coefficient (Wildman–Crippen LogP) is 2.99. The smallest absolute Gasteiger partial charge is 0.291 e. The second kappa shape index (κ2) is 6.93. The summed E-state index contributed by atoms with van der Waals surface area (Å²) in [5.41, 5.74) is 0.427. The van der Waals surface area contributed by atoms with E-state index in [1.165, 1.54) is 6.07 Å². The Kier molecular flexibility index (Phi) is 4.34. The molecule has 1 aliphatic heterocycles. The normalized spacial score (nSPS) is 18.0. The molecule has 0 unspecified atom stereocenters. The zero-order valence-electron chi connectivity index (χ0n) is 17.0. The topological polar surface area (TPSA) is 87.4 Å². The van der Waals surface area contributed by atoms with Gasteiger partial charge in [0.05, 0.1) is 5.39 Å². The molecule has 8 nitrogen and oxygen atoms in total. The second-order valence-electron chi connectivity index (χ2n) is 8.26. The van der Waals surface area contributed by atoms with Gasteiger partial charge in [0.1, 0.15) is 17.4 Å². The minimum Gasteiger partial charge on any atom is -0.443 e. The van der Waals surface area contributed by atoms with Crippen LogP contribution in [0.2, 0.25) is 0 Å². The van der Waals surface area contributed by atoms with E-state index < -0.39 is 5.95 Å². The molecule has 0 radical (unpaired) electrons. The molecule has 9 heteroatoms. The summed E-state index contributed by atoms with van der Waals surface area (Å²) in [4.78, 5) is 29.7. The van der Waals surface area contributed by atoms with Crippen molar-refractivity contribution in [1.29, 1.82) is 0 Å². The number of aromatic nitrogens is 3. The Hall–Kier alpha value is -3.23. The quantitative estimate of drug-likeness (QED) is 0.662. The number of amides is 1. The van der Waals surface area contributed by atoms with E-state index in [0.29, 0.717) is 43.5 Å². The lowest BCUT2D eigenvalue weighted by Crippen LogP contribution is -2.49. The summed E-state index contributed by atoms with van der Waals surface area (Å²) >= 11 is 0. The average Bonchev–Trinajstić information content (AvgIpc) is 3.33. The summed E-state index contributed by atoms with van der Waals surface area (Å²) in [6, 6.07) is 6.62. The van der Waals surface area contributed by atoms with Crippen LogP contribution in [0.25, 0.3) is 11.1 Å². The van der Waals surface area contributed by atoms with Gasteiger partial charge in [0.25, 0.3) is 5.91 Å². The van der Waals surface area contributed by atoms with Gasteiger partial charge in [-0.25, -0.2) is 9.97 Å². The highest BCUT2D eigenvalue weighted by Crippen LogP contribution is 2.39. The first-order valence-corrected chi connectivity index (χ1v) is 10.1. The van der Waals surface area contributed by atoms with E-state index in [-0.39, 0.29) is 17.3 Å². The molecule has 3 aromatic heterocycles.